The number of aromatic nitrogens is 3. The van der Waals surface area contributed by atoms with E-state index >= 15 is 0 Å². The third-order valence-electron chi connectivity index (χ3n) is 3.28. The number of nitrogens with two attached hydrogens (primary N) is 1. The fourth-order valence-corrected chi connectivity index (χ4v) is 2.40. The molecule has 2 aromatic heterocycles. The molecule has 106 valence electrons. The lowest BCUT2D eigenvalue weighted by molar-refractivity contribution is 0.251. The maximum absolute atomic E-state index is 11.8. The zero-order valence-electron chi connectivity index (χ0n) is 11.6. The van der Waals surface area contributed by atoms with Crippen LogP contribution in [-0.2, 0) is 6.54 Å². The third-order valence-corrected chi connectivity index (χ3v) is 3.28. The van der Waals surface area contributed by atoms with Crippen LogP contribution >= 0.6 is 0 Å². The second kappa shape index (κ2) is 5.34. The number of amides is 1. The molecule has 0 saturated carbocycles. The zero-order valence-corrected chi connectivity index (χ0v) is 11.6. The highest BCUT2D eigenvalue weighted by atomic mass is 16.2. The lowest BCUT2D eigenvalue weighted by Crippen LogP contribution is -2.20. The van der Waals surface area contributed by atoms with Gasteiger partial charge in [-0.1, -0.05) is 18.2 Å². The van der Waals surface area contributed by atoms with Crippen LogP contribution in [0.5, 0.6) is 0 Å². The van der Waals surface area contributed by atoms with Crippen LogP contribution in [-0.4, -0.2) is 27.6 Å². The molecule has 2 heterocycles. The topological polar surface area (TPSA) is 85.8 Å². The first-order valence-electron chi connectivity index (χ1n) is 6.57. The van der Waals surface area contributed by atoms with Gasteiger partial charge in [0.1, 0.15) is 6.33 Å². The number of carbonyl (C=O) groups excluding carboxylic acids is 1. The first kappa shape index (κ1) is 13.3. The van der Waals surface area contributed by atoms with E-state index < -0.39 is 6.03 Å². The van der Waals surface area contributed by atoms with E-state index in [2.05, 4.69) is 15.3 Å². The monoisotopic (exact) mass is 281 g/mol. The van der Waals surface area contributed by atoms with Crippen LogP contribution in [0, 0.1) is 0 Å². The van der Waals surface area contributed by atoms with Gasteiger partial charge in [-0.25, -0.2) is 14.8 Å². The highest BCUT2D eigenvalue weighted by Crippen LogP contribution is 2.26. The van der Waals surface area contributed by atoms with E-state index in [9.17, 15) is 4.79 Å². The lowest BCUT2D eigenvalue weighted by atomic mass is 10.2. The third kappa shape index (κ3) is 2.36. The Morgan fingerprint density at radius 1 is 1.29 bits per heavy atom. The van der Waals surface area contributed by atoms with Crippen LogP contribution in [0.4, 0.5) is 4.79 Å². The summed E-state index contributed by atoms with van der Waals surface area (Å²) in [5.41, 5.74) is 8.49. The predicted octanol–water partition coefficient (Wildman–Crippen LogP) is 1.74. The second-order valence-corrected chi connectivity index (χ2v) is 4.69. The van der Waals surface area contributed by atoms with Crippen molar-refractivity contribution in [1.29, 1.82) is 0 Å². The van der Waals surface area contributed by atoms with Gasteiger partial charge in [0.25, 0.3) is 0 Å². The number of carbonyl (C=O) groups is 1. The number of nitrogens with one attached hydrogen (secondary N) is 1. The molecule has 0 spiro atoms. The van der Waals surface area contributed by atoms with Crippen molar-refractivity contribution in [2.24, 2.45) is 5.73 Å². The highest BCUT2D eigenvalue weighted by molar-refractivity contribution is 5.96. The molecule has 0 saturated heterocycles. The van der Waals surface area contributed by atoms with Crippen molar-refractivity contribution in [3.63, 3.8) is 0 Å². The van der Waals surface area contributed by atoms with Crippen molar-refractivity contribution in [3.05, 3.63) is 48.4 Å². The number of benzene rings is 1. The minimum Gasteiger partial charge on any atom is -0.351 e. The first-order chi connectivity index (χ1) is 10.2. The summed E-state index contributed by atoms with van der Waals surface area (Å²) in [6.45, 7) is 0.631. The Hall–Kier alpha value is -2.73. The average molecular weight is 281 g/mol. The van der Waals surface area contributed by atoms with Gasteiger partial charge in [0.15, 0.2) is 0 Å². The standard InChI is InChI=1S/C15H15N5O/c1-17-8-11-7-12(19-9-18-11)14-6-10-4-2-3-5-13(10)20(14)15(16)21/h2-7,9,17H,8H2,1H3,(H2,16,21). The van der Waals surface area contributed by atoms with Crippen molar-refractivity contribution < 1.29 is 4.79 Å². The van der Waals surface area contributed by atoms with Gasteiger partial charge in [-0.2, -0.15) is 0 Å². The molecule has 0 radical (unpaired) electrons. The number of hydrogen-bond acceptors (Lipinski definition) is 4. The minimum atomic E-state index is -0.528. The van der Waals surface area contributed by atoms with Crippen molar-refractivity contribution in [2.45, 2.75) is 6.54 Å². The van der Waals surface area contributed by atoms with Crippen LogP contribution in [0.15, 0.2) is 42.7 Å². The SMILES string of the molecule is CNCc1cc(-c2cc3ccccc3n2C(N)=O)ncn1. The van der Waals surface area contributed by atoms with Crippen molar-refractivity contribution >= 4 is 16.9 Å². The Morgan fingerprint density at radius 3 is 2.86 bits per heavy atom. The molecule has 3 rings (SSSR count). The molecular weight excluding hydrogens is 266 g/mol. The summed E-state index contributed by atoms with van der Waals surface area (Å²) < 4.78 is 1.47. The van der Waals surface area contributed by atoms with E-state index in [0.717, 1.165) is 16.6 Å². The molecule has 6 heteroatoms. The van der Waals surface area contributed by atoms with Crippen LogP contribution < -0.4 is 11.1 Å². The Bertz CT molecular complexity index is 809. The number of fused-ring (bicyclic) bond motifs is 1. The van der Waals surface area contributed by atoms with E-state index in [1.165, 1.54) is 10.9 Å². The molecule has 0 atom stereocenters. The normalized spacial score (nSPS) is 10.9. The summed E-state index contributed by atoms with van der Waals surface area (Å²) in [5, 5.41) is 3.98. The van der Waals surface area contributed by atoms with Crippen LogP contribution in [0.2, 0.25) is 0 Å². The first-order valence-corrected chi connectivity index (χ1v) is 6.57. The van der Waals surface area contributed by atoms with Crippen LogP contribution in [0.1, 0.15) is 5.69 Å². The van der Waals surface area contributed by atoms with Crippen molar-refractivity contribution in [3.8, 4) is 11.4 Å². The van der Waals surface area contributed by atoms with Gasteiger partial charge in [0.2, 0.25) is 0 Å². The van der Waals surface area contributed by atoms with Crippen LogP contribution in [0.3, 0.4) is 0 Å². The Balaban J connectivity index is 2.22. The Morgan fingerprint density at radius 2 is 2.10 bits per heavy atom. The van der Waals surface area contributed by atoms with Gasteiger partial charge in [0.05, 0.1) is 22.6 Å². The van der Waals surface area contributed by atoms with Gasteiger partial charge in [-0.15, -0.1) is 0 Å². The van der Waals surface area contributed by atoms with E-state index in [-0.39, 0.29) is 0 Å². The van der Waals surface area contributed by atoms with E-state index in [4.69, 9.17) is 5.73 Å². The van der Waals surface area contributed by atoms with Crippen LogP contribution in [0.25, 0.3) is 22.3 Å². The molecule has 1 amide bonds. The van der Waals surface area contributed by atoms with Crippen molar-refractivity contribution in [2.75, 3.05) is 7.05 Å². The summed E-state index contributed by atoms with van der Waals surface area (Å²) in [6, 6.07) is 10.8. The molecule has 1 aromatic carbocycles. The lowest BCUT2D eigenvalue weighted by Gasteiger charge is -2.07. The number of primary amides is 1. The van der Waals surface area contributed by atoms with E-state index in [1.54, 1.807) is 0 Å². The maximum atomic E-state index is 11.8. The molecule has 0 fully saturated rings. The number of rotatable bonds is 3. The summed E-state index contributed by atoms with van der Waals surface area (Å²) in [4.78, 5) is 20.3. The predicted molar refractivity (Wildman–Crippen MR) is 80.7 cm³/mol. The molecule has 0 aliphatic carbocycles. The maximum Gasteiger partial charge on any atom is 0.323 e. The average Bonchev–Trinajstić information content (AvgIpc) is 2.87. The Kier molecular flexibility index (Phi) is 3.37. The highest BCUT2D eigenvalue weighted by Gasteiger charge is 2.15. The summed E-state index contributed by atoms with van der Waals surface area (Å²) >= 11 is 0. The van der Waals surface area contributed by atoms with Gasteiger partial charge < -0.3 is 11.1 Å². The Labute approximate surface area is 121 Å². The van der Waals surface area contributed by atoms with Gasteiger partial charge in [0, 0.05) is 11.9 Å². The fourth-order valence-electron chi connectivity index (χ4n) is 2.40. The summed E-state index contributed by atoms with van der Waals surface area (Å²) in [5.74, 6) is 0. The summed E-state index contributed by atoms with van der Waals surface area (Å²) in [6.07, 6.45) is 1.49. The van der Waals surface area contributed by atoms with Gasteiger partial charge >= 0.3 is 6.03 Å². The summed E-state index contributed by atoms with van der Waals surface area (Å²) in [7, 11) is 1.85. The van der Waals surface area contributed by atoms with E-state index in [1.807, 2.05) is 43.4 Å². The van der Waals surface area contributed by atoms with Gasteiger partial charge in [-0.05, 0) is 25.2 Å². The molecule has 0 bridgehead atoms. The smallest absolute Gasteiger partial charge is 0.323 e. The molecule has 3 N–H and O–H groups in total. The molecule has 6 nitrogen and oxygen atoms in total. The zero-order chi connectivity index (χ0) is 14.8. The number of hydrogen-bond donors (Lipinski definition) is 2. The molecule has 0 unspecified atom stereocenters. The quantitative estimate of drug-likeness (QED) is 0.765. The second-order valence-electron chi connectivity index (χ2n) is 4.69. The molecule has 21 heavy (non-hydrogen) atoms. The molecule has 0 aliphatic heterocycles. The van der Waals surface area contributed by atoms with Gasteiger partial charge in [-0.3, -0.25) is 4.57 Å². The fraction of sp³-hybridized carbons (Fsp3) is 0.133. The minimum absolute atomic E-state index is 0.528. The molecule has 3 aromatic rings. The largest absolute Gasteiger partial charge is 0.351 e. The number of para-hydroxylation sites is 1. The molecular formula is C15H15N5O. The number of nitrogens with zero attached hydrogens (tertiary/aromatic N) is 3. The molecule has 0 aliphatic rings. The van der Waals surface area contributed by atoms with E-state index in [0.29, 0.717) is 17.9 Å². The van der Waals surface area contributed by atoms with Crippen molar-refractivity contribution in [1.82, 2.24) is 19.9 Å².